The van der Waals surface area contributed by atoms with E-state index in [4.69, 9.17) is 0 Å². The molecule has 2 rings (SSSR count). The molecule has 14 heavy (non-hydrogen) atoms. The third kappa shape index (κ3) is 1.35. The Morgan fingerprint density at radius 2 is 2.29 bits per heavy atom. The van der Waals surface area contributed by atoms with Crippen molar-refractivity contribution in [1.29, 1.82) is 0 Å². The molecule has 0 saturated carbocycles. The van der Waals surface area contributed by atoms with Crippen LogP contribution >= 0.6 is 0 Å². The summed E-state index contributed by atoms with van der Waals surface area (Å²) in [6.45, 7) is 0.713. The number of aromatic nitrogens is 2. The van der Waals surface area contributed by atoms with Crippen LogP contribution in [-0.4, -0.2) is 22.6 Å². The van der Waals surface area contributed by atoms with Crippen LogP contribution in [-0.2, 0) is 20.0 Å². The molecule has 1 heterocycles. The molecule has 1 aromatic heterocycles. The van der Waals surface area contributed by atoms with Crippen molar-refractivity contribution in [3.63, 3.8) is 0 Å². The number of nitrogens with one attached hydrogen (secondary N) is 1. The lowest BCUT2D eigenvalue weighted by Gasteiger charge is -2.09. The summed E-state index contributed by atoms with van der Waals surface area (Å²) in [4.78, 5) is 11.7. The summed E-state index contributed by atoms with van der Waals surface area (Å²) < 4.78 is 1.82. The van der Waals surface area contributed by atoms with Crippen LogP contribution in [0.2, 0.25) is 0 Å². The van der Waals surface area contributed by atoms with Crippen molar-refractivity contribution < 1.29 is 4.79 Å². The van der Waals surface area contributed by atoms with E-state index in [2.05, 4.69) is 10.4 Å². The first-order valence-corrected chi connectivity index (χ1v) is 4.96. The highest BCUT2D eigenvalue weighted by Crippen LogP contribution is 2.23. The maximum atomic E-state index is 11.7. The van der Waals surface area contributed by atoms with Gasteiger partial charge in [-0.15, -0.1) is 0 Å². The van der Waals surface area contributed by atoms with Gasteiger partial charge in [-0.05, 0) is 19.9 Å². The number of hydrogen-bond donors (Lipinski definition) is 1. The second kappa shape index (κ2) is 3.53. The molecule has 1 N–H and O–H groups in total. The smallest absolute Gasteiger partial charge is 0.166 e. The molecule has 0 fully saturated rings. The number of carbonyl (C=O) groups excluding carboxylic acids is 1. The van der Waals surface area contributed by atoms with E-state index in [9.17, 15) is 4.79 Å². The van der Waals surface area contributed by atoms with Crippen molar-refractivity contribution in [3.05, 3.63) is 17.0 Å². The van der Waals surface area contributed by atoms with E-state index < -0.39 is 0 Å². The summed E-state index contributed by atoms with van der Waals surface area (Å²) in [7, 11) is 3.78. The zero-order valence-corrected chi connectivity index (χ0v) is 8.63. The van der Waals surface area contributed by atoms with Gasteiger partial charge in [0, 0.05) is 20.0 Å². The molecule has 0 aromatic carbocycles. The standard InChI is InChI=1S/C10H15N3O/c1-11-6-8-10-7(12-13(8)2)4-3-5-9(10)14/h11H,3-6H2,1-2H3. The van der Waals surface area contributed by atoms with E-state index in [1.165, 1.54) is 0 Å². The molecule has 0 bridgehead atoms. The zero-order valence-electron chi connectivity index (χ0n) is 8.63. The maximum Gasteiger partial charge on any atom is 0.166 e. The van der Waals surface area contributed by atoms with E-state index in [1.807, 2.05) is 18.8 Å². The van der Waals surface area contributed by atoms with Gasteiger partial charge in [-0.25, -0.2) is 0 Å². The van der Waals surface area contributed by atoms with Gasteiger partial charge in [-0.3, -0.25) is 9.48 Å². The van der Waals surface area contributed by atoms with Crippen LogP contribution in [0.4, 0.5) is 0 Å². The molecular formula is C10H15N3O. The first-order chi connectivity index (χ1) is 6.74. The Kier molecular flexibility index (Phi) is 2.37. The number of nitrogens with zero attached hydrogens (tertiary/aromatic N) is 2. The van der Waals surface area contributed by atoms with E-state index >= 15 is 0 Å². The highest BCUT2D eigenvalue weighted by atomic mass is 16.1. The first kappa shape index (κ1) is 9.40. The van der Waals surface area contributed by atoms with E-state index in [-0.39, 0.29) is 5.78 Å². The van der Waals surface area contributed by atoms with Crippen LogP contribution in [0.3, 0.4) is 0 Å². The molecule has 1 aliphatic rings. The van der Waals surface area contributed by atoms with Gasteiger partial charge in [0.1, 0.15) is 0 Å². The monoisotopic (exact) mass is 193 g/mol. The molecule has 4 heteroatoms. The highest BCUT2D eigenvalue weighted by Gasteiger charge is 2.24. The third-order valence-electron chi connectivity index (χ3n) is 2.68. The Labute approximate surface area is 83.3 Å². The molecule has 0 amide bonds. The number of rotatable bonds is 2. The Morgan fingerprint density at radius 3 is 3.00 bits per heavy atom. The van der Waals surface area contributed by atoms with Gasteiger partial charge in [0.15, 0.2) is 5.78 Å². The van der Waals surface area contributed by atoms with E-state index in [0.29, 0.717) is 13.0 Å². The lowest BCUT2D eigenvalue weighted by atomic mass is 9.94. The molecule has 0 aliphatic heterocycles. The van der Waals surface area contributed by atoms with E-state index in [1.54, 1.807) is 0 Å². The lowest BCUT2D eigenvalue weighted by molar-refractivity contribution is 0.0971. The van der Waals surface area contributed by atoms with Gasteiger partial charge in [0.2, 0.25) is 0 Å². The van der Waals surface area contributed by atoms with Gasteiger partial charge >= 0.3 is 0 Å². The predicted octanol–water partition coefficient (Wildman–Crippen LogP) is 0.658. The number of carbonyl (C=O) groups is 1. The lowest BCUT2D eigenvalue weighted by Crippen LogP contribution is -2.15. The third-order valence-corrected chi connectivity index (χ3v) is 2.68. The molecule has 1 aromatic rings. The molecule has 0 saturated heterocycles. The summed E-state index contributed by atoms with van der Waals surface area (Å²) >= 11 is 0. The number of aryl methyl sites for hydroxylation is 2. The molecule has 76 valence electrons. The minimum absolute atomic E-state index is 0.254. The van der Waals surface area contributed by atoms with Gasteiger partial charge in [0.25, 0.3) is 0 Å². The Hall–Kier alpha value is -1.16. The average Bonchev–Trinajstić information content (AvgIpc) is 2.45. The van der Waals surface area contributed by atoms with Crippen molar-refractivity contribution in [1.82, 2.24) is 15.1 Å². The van der Waals surface area contributed by atoms with Crippen molar-refractivity contribution in [2.45, 2.75) is 25.8 Å². The normalized spacial score (nSPS) is 15.7. The predicted molar refractivity (Wildman–Crippen MR) is 53.2 cm³/mol. The second-order valence-corrected chi connectivity index (χ2v) is 3.70. The minimum Gasteiger partial charge on any atom is -0.314 e. The Bertz CT molecular complexity index is 368. The van der Waals surface area contributed by atoms with Gasteiger partial charge in [0.05, 0.1) is 17.0 Å². The quantitative estimate of drug-likeness (QED) is 0.750. The van der Waals surface area contributed by atoms with Crippen molar-refractivity contribution in [3.8, 4) is 0 Å². The van der Waals surface area contributed by atoms with Crippen LogP contribution in [0.5, 0.6) is 0 Å². The fourth-order valence-electron chi connectivity index (χ4n) is 2.03. The number of ketones is 1. The molecule has 4 nitrogen and oxygen atoms in total. The summed E-state index contributed by atoms with van der Waals surface area (Å²) in [5.74, 6) is 0.254. The largest absolute Gasteiger partial charge is 0.314 e. The van der Waals surface area contributed by atoms with Crippen LogP contribution in [0.25, 0.3) is 0 Å². The summed E-state index contributed by atoms with van der Waals surface area (Å²) in [6.07, 6.45) is 2.57. The Balaban J connectivity index is 2.48. The minimum atomic E-state index is 0.254. The number of hydrogen-bond acceptors (Lipinski definition) is 3. The summed E-state index contributed by atoms with van der Waals surface area (Å²) in [5, 5.41) is 7.44. The maximum absolute atomic E-state index is 11.7. The highest BCUT2D eigenvalue weighted by molar-refractivity contribution is 5.99. The number of fused-ring (bicyclic) bond motifs is 1. The topological polar surface area (TPSA) is 46.9 Å². The fourth-order valence-corrected chi connectivity index (χ4v) is 2.03. The molecule has 0 radical (unpaired) electrons. The van der Waals surface area contributed by atoms with Crippen LogP contribution < -0.4 is 5.32 Å². The first-order valence-electron chi connectivity index (χ1n) is 4.96. The molecule has 0 unspecified atom stereocenters. The van der Waals surface area contributed by atoms with E-state index in [0.717, 1.165) is 29.8 Å². The summed E-state index contributed by atoms with van der Waals surface area (Å²) in [5.41, 5.74) is 2.87. The fraction of sp³-hybridized carbons (Fsp3) is 0.600. The van der Waals surface area contributed by atoms with Gasteiger partial charge in [-0.2, -0.15) is 5.10 Å². The Morgan fingerprint density at radius 1 is 1.50 bits per heavy atom. The average molecular weight is 193 g/mol. The van der Waals surface area contributed by atoms with Gasteiger partial charge < -0.3 is 5.32 Å². The second-order valence-electron chi connectivity index (χ2n) is 3.70. The molecular weight excluding hydrogens is 178 g/mol. The van der Waals surface area contributed by atoms with Crippen LogP contribution in [0.15, 0.2) is 0 Å². The number of Topliss-reactive ketones (excluding diaryl/α,β-unsaturated/α-hetero) is 1. The molecule has 0 spiro atoms. The van der Waals surface area contributed by atoms with Crippen LogP contribution in [0, 0.1) is 0 Å². The molecule has 1 aliphatic carbocycles. The van der Waals surface area contributed by atoms with Crippen molar-refractivity contribution in [2.24, 2.45) is 7.05 Å². The SMILES string of the molecule is CNCc1c2c(nn1C)CCCC2=O. The summed E-state index contributed by atoms with van der Waals surface area (Å²) in [6, 6.07) is 0. The van der Waals surface area contributed by atoms with Crippen molar-refractivity contribution in [2.75, 3.05) is 7.05 Å². The van der Waals surface area contributed by atoms with Crippen LogP contribution in [0.1, 0.15) is 34.6 Å². The molecule has 0 atom stereocenters. The van der Waals surface area contributed by atoms with Crippen molar-refractivity contribution >= 4 is 5.78 Å². The zero-order chi connectivity index (χ0) is 10.1. The van der Waals surface area contributed by atoms with Gasteiger partial charge in [-0.1, -0.05) is 0 Å².